The summed E-state index contributed by atoms with van der Waals surface area (Å²) in [5.74, 6) is -2.13. The lowest BCUT2D eigenvalue weighted by Gasteiger charge is -2.09. The molecule has 2 aromatic carbocycles. The van der Waals surface area contributed by atoms with Gasteiger partial charge in [-0.15, -0.1) is 11.8 Å². The summed E-state index contributed by atoms with van der Waals surface area (Å²) < 4.78 is 52.8. The highest BCUT2D eigenvalue weighted by molar-refractivity contribution is 7.99. The summed E-state index contributed by atoms with van der Waals surface area (Å²) in [6, 6.07) is 8.39. The van der Waals surface area contributed by atoms with Crippen molar-refractivity contribution in [1.29, 1.82) is 0 Å². The molecular weight excluding hydrogens is 482 g/mol. The number of carbonyl (C=O) groups excluding carboxylic acids is 1. The predicted molar refractivity (Wildman–Crippen MR) is 126 cm³/mol. The number of nitrogens with one attached hydrogen (secondary N) is 1. The summed E-state index contributed by atoms with van der Waals surface area (Å²) in [4.78, 5) is 17.6. The molecule has 0 amide bonds. The number of nitrogens with two attached hydrogens (primary N) is 1. The van der Waals surface area contributed by atoms with E-state index in [0.717, 1.165) is 12.5 Å². The van der Waals surface area contributed by atoms with Gasteiger partial charge in [0.15, 0.2) is 11.5 Å². The van der Waals surface area contributed by atoms with E-state index in [1.54, 1.807) is 19.1 Å². The molecule has 2 heterocycles. The van der Waals surface area contributed by atoms with Crippen LogP contribution in [0.3, 0.4) is 0 Å². The minimum atomic E-state index is -3.86. The van der Waals surface area contributed by atoms with Crippen LogP contribution >= 0.6 is 11.8 Å². The maximum atomic E-state index is 15.0. The van der Waals surface area contributed by atoms with E-state index < -0.39 is 33.0 Å². The molecule has 0 aliphatic carbocycles. The first-order valence-electron chi connectivity index (χ1n) is 10.2. The Kier molecular flexibility index (Phi) is 6.52. The molecule has 176 valence electrons. The number of sulfonamides is 1. The molecule has 11 heteroatoms. The monoisotopic (exact) mass is 502 g/mol. The van der Waals surface area contributed by atoms with Crippen molar-refractivity contribution in [1.82, 2.24) is 15.2 Å². The van der Waals surface area contributed by atoms with Gasteiger partial charge in [0.2, 0.25) is 15.8 Å². The minimum absolute atomic E-state index is 0.0336. The SMILES string of the molecule is CCCSc1ccc(F)c(C(=O)c2[nH]nc3ncc(-c4ccc(S(N)(=O)=O)cc4C)cc23)c1F. The molecule has 0 spiro atoms. The van der Waals surface area contributed by atoms with E-state index in [4.69, 9.17) is 5.14 Å². The number of fused-ring (bicyclic) bond motifs is 1. The summed E-state index contributed by atoms with van der Waals surface area (Å²) in [6.07, 6.45) is 2.31. The highest BCUT2D eigenvalue weighted by Gasteiger charge is 2.25. The third kappa shape index (κ3) is 4.46. The second kappa shape index (κ2) is 9.24. The number of benzene rings is 2. The number of aryl methyl sites for hydroxylation is 1. The lowest BCUT2D eigenvalue weighted by atomic mass is 9.99. The van der Waals surface area contributed by atoms with Crippen molar-refractivity contribution in [2.45, 2.75) is 30.1 Å². The number of aromatic nitrogens is 3. The van der Waals surface area contributed by atoms with E-state index in [9.17, 15) is 17.6 Å². The Labute approximate surface area is 198 Å². The summed E-state index contributed by atoms with van der Waals surface area (Å²) in [7, 11) is -3.86. The van der Waals surface area contributed by atoms with Gasteiger partial charge in [0.1, 0.15) is 11.5 Å². The Morgan fingerprint density at radius 3 is 2.62 bits per heavy atom. The second-order valence-electron chi connectivity index (χ2n) is 7.63. The van der Waals surface area contributed by atoms with Crippen LogP contribution < -0.4 is 5.14 Å². The molecule has 0 bridgehead atoms. The molecule has 0 unspecified atom stereocenters. The molecule has 0 aliphatic heterocycles. The third-order valence-corrected chi connectivity index (χ3v) is 7.37. The maximum Gasteiger partial charge on any atom is 0.238 e. The zero-order valence-corrected chi connectivity index (χ0v) is 19.9. The smallest absolute Gasteiger partial charge is 0.238 e. The summed E-state index contributed by atoms with van der Waals surface area (Å²) >= 11 is 1.21. The van der Waals surface area contributed by atoms with E-state index >= 15 is 4.39 Å². The van der Waals surface area contributed by atoms with Gasteiger partial charge in [-0.05, 0) is 60.6 Å². The summed E-state index contributed by atoms with van der Waals surface area (Å²) in [5, 5.41) is 12.0. The fraction of sp³-hybridized carbons (Fsp3) is 0.174. The molecule has 34 heavy (non-hydrogen) atoms. The first-order valence-corrected chi connectivity index (χ1v) is 12.8. The molecule has 4 aromatic rings. The molecule has 3 N–H and O–H groups in total. The second-order valence-corrected chi connectivity index (χ2v) is 10.3. The van der Waals surface area contributed by atoms with Gasteiger partial charge in [-0.3, -0.25) is 9.89 Å². The first-order chi connectivity index (χ1) is 16.1. The molecular formula is C23H20F2N4O3S2. The average molecular weight is 503 g/mol. The van der Waals surface area contributed by atoms with Crippen molar-refractivity contribution >= 4 is 38.6 Å². The van der Waals surface area contributed by atoms with Crippen molar-refractivity contribution in [3.05, 3.63) is 71.1 Å². The van der Waals surface area contributed by atoms with Crippen molar-refractivity contribution in [3.63, 3.8) is 0 Å². The van der Waals surface area contributed by atoms with Crippen LogP contribution in [0.1, 0.15) is 35.0 Å². The highest BCUT2D eigenvalue weighted by atomic mass is 32.2. The molecule has 0 radical (unpaired) electrons. The number of rotatable bonds is 7. The van der Waals surface area contributed by atoms with Crippen LogP contribution in [0.25, 0.3) is 22.2 Å². The van der Waals surface area contributed by atoms with Crippen LogP contribution in [-0.2, 0) is 10.0 Å². The largest absolute Gasteiger partial charge is 0.287 e. The van der Waals surface area contributed by atoms with Gasteiger partial charge in [-0.2, -0.15) is 5.10 Å². The van der Waals surface area contributed by atoms with Crippen LogP contribution in [0.4, 0.5) is 8.78 Å². The number of pyridine rings is 1. The van der Waals surface area contributed by atoms with Gasteiger partial charge in [0.05, 0.1) is 15.8 Å². The van der Waals surface area contributed by atoms with Gasteiger partial charge in [-0.25, -0.2) is 27.3 Å². The van der Waals surface area contributed by atoms with Crippen molar-refractivity contribution in [2.75, 3.05) is 5.75 Å². The maximum absolute atomic E-state index is 15.0. The number of H-pyrrole nitrogens is 1. The number of thioether (sulfide) groups is 1. The Hall–Kier alpha value is -3.15. The van der Waals surface area contributed by atoms with Gasteiger partial charge in [0.25, 0.3) is 0 Å². The Bertz CT molecular complexity index is 1540. The predicted octanol–water partition coefficient (Wildman–Crippen LogP) is 4.59. The molecule has 0 saturated carbocycles. The highest BCUT2D eigenvalue weighted by Crippen LogP contribution is 2.31. The number of hydrogen-bond donors (Lipinski definition) is 2. The molecule has 0 aliphatic rings. The number of aromatic amines is 1. The number of halogens is 2. The quantitative estimate of drug-likeness (QED) is 0.282. The molecule has 0 fully saturated rings. The molecule has 2 aromatic heterocycles. The standard InChI is InChI=1S/C23H20F2N4O3S2/c1-3-8-33-18-7-6-17(24)19(20(18)25)22(30)21-16-10-13(11-27-23(16)29-28-21)15-5-4-14(9-12(15)2)34(26,31)32/h4-7,9-11H,3,8H2,1-2H3,(H2,26,31,32)(H,27,28,29). The van der Waals surface area contributed by atoms with E-state index in [-0.39, 0.29) is 26.5 Å². The fourth-order valence-electron chi connectivity index (χ4n) is 3.55. The van der Waals surface area contributed by atoms with Crippen molar-refractivity contribution in [2.24, 2.45) is 5.14 Å². The Balaban J connectivity index is 1.80. The number of carbonyl (C=O) groups is 1. The van der Waals surface area contributed by atoms with Gasteiger partial charge >= 0.3 is 0 Å². The van der Waals surface area contributed by atoms with E-state index in [1.807, 2.05) is 6.92 Å². The van der Waals surface area contributed by atoms with Gasteiger partial charge in [-0.1, -0.05) is 13.0 Å². The van der Waals surface area contributed by atoms with Crippen LogP contribution in [0.2, 0.25) is 0 Å². The fourth-order valence-corrected chi connectivity index (χ4v) is 4.96. The number of ketones is 1. The normalized spacial score (nSPS) is 11.8. The number of primary sulfonamides is 1. The van der Waals surface area contributed by atoms with Gasteiger partial charge < -0.3 is 0 Å². The van der Waals surface area contributed by atoms with Crippen molar-refractivity contribution in [3.8, 4) is 11.1 Å². The van der Waals surface area contributed by atoms with Gasteiger partial charge in [0, 0.05) is 16.7 Å². The lowest BCUT2D eigenvalue weighted by Crippen LogP contribution is -2.12. The van der Waals surface area contributed by atoms with Crippen LogP contribution in [0.5, 0.6) is 0 Å². The number of hydrogen-bond acceptors (Lipinski definition) is 6. The van der Waals surface area contributed by atoms with Crippen molar-refractivity contribution < 1.29 is 22.0 Å². The van der Waals surface area contributed by atoms with Crippen LogP contribution in [0, 0.1) is 18.6 Å². The zero-order valence-electron chi connectivity index (χ0n) is 18.2. The minimum Gasteiger partial charge on any atom is -0.287 e. The Morgan fingerprint density at radius 2 is 1.94 bits per heavy atom. The van der Waals surface area contributed by atoms with E-state index in [0.29, 0.717) is 22.4 Å². The number of nitrogens with zero attached hydrogens (tertiary/aromatic N) is 2. The third-order valence-electron chi connectivity index (χ3n) is 5.22. The van der Waals surface area contributed by atoms with E-state index in [1.165, 1.54) is 36.2 Å². The van der Waals surface area contributed by atoms with Crippen LogP contribution in [0.15, 0.2) is 52.4 Å². The molecule has 0 saturated heterocycles. The average Bonchev–Trinajstić information content (AvgIpc) is 3.21. The zero-order chi connectivity index (χ0) is 24.6. The summed E-state index contributed by atoms with van der Waals surface area (Å²) in [6.45, 7) is 3.64. The molecule has 7 nitrogen and oxygen atoms in total. The lowest BCUT2D eigenvalue weighted by molar-refractivity contribution is 0.102. The molecule has 4 rings (SSSR count). The van der Waals surface area contributed by atoms with E-state index in [2.05, 4.69) is 15.2 Å². The topological polar surface area (TPSA) is 119 Å². The summed E-state index contributed by atoms with van der Waals surface area (Å²) in [5.41, 5.74) is 1.26. The first kappa shape index (κ1) is 24.0. The van der Waals surface area contributed by atoms with Crippen LogP contribution in [-0.4, -0.2) is 35.1 Å². The Morgan fingerprint density at radius 1 is 1.18 bits per heavy atom. The molecule has 0 atom stereocenters.